The zero-order chi connectivity index (χ0) is 13.7. The Morgan fingerprint density at radius 3 is 2.84 bits per heavy atom. The van der Waals surface area contributed by atoms with Crippen molar-refractivity contribution in [2.45, 2.75) is 51.2 Å². The molecule has 3 unspecified atom stereocenters. The van der Waals surface area contributed by atoms with Gasteiger partial charge in [-0.3, -0.25) is 0 Å². The van der Waals surface area contributed by atoms with Crippen LogP contribution in [0.15, 0.2) is 0 Å². The molecule has 0 aromatic heterocycles. The van der Waals surface area contributed by atoms with E-state index < -0.39 is 10.0 Å². The highest BCUT2D eigenvalue weighted by atomic mass is 32.2. The lowest BCUT2D eigenvalue weighted by molar-refractivity contribution is 0.127. The number of nitrogens with one attached hydrogen (secondary N) is 2. The Morgan fingerprint density at radius 1 is 1.32 bits per heavy atom. The lowest BCUT2D eigenvalue weighted by atomic mass is 9.89. The van der Waals surface area contributed by atoms with Crippen LogP contribution in [0.4, 0.5) is 0 Å². The molecule has 0 radical (unpaired) electrons. The molecule has 0 saturated carbocycles. The van der Waals surface area contributed by atoms with Crippen LogP contribution in [0.2, 0.25) is 0 Å². The number of ether oxygens (including phenoxy) is 1. The minimum atomic E-state index is -3.21. The second kappa shape index (κ2) is 7.02. The number of hydrogen-bond acceptors (Lipinski definition) is 4. The van der Waals surface area contributed by atoms with E-state index in [2.05, 4.69) is 17.0 Å². The fourth-order valence-corrected chi connectivity index (χ4v) is 4.35. The molecule has 2 heterocycles. The van der Waals surface area contributed by atoms with Crippen molar-refractivity contribution in [2.24, 2.45) is 5.92 Å². The Kier molecular flexibility index (Phi) is 5.62. The van der Waals surface area contributed by atoms with E-state index in [1.165, 1.54) is 12.8 Å². The minimum Gasteiger partial charge on any atom is -0.377 e. The quantitative estimate of drug-likeness (QED) is 0.761. The minimum absolute atomic E-state index is 0.108. The van der Waals surface area contributed by atoms with Gasteiger partial charge < -0.3 is 10.1 Å². The van der Waals surface area contributed by atoms with Gasteiger partial charge >= 0.3 is 0 Å². The van der Waals surface area contributed by atoms with Crippen molar-refractivity contribution in [1.82, 2.24) is 10.0 Å². The molecule has 2 fully saturated rings. The van der Waals surface area contributed by atoms with Gasteiger partial charge in [0, 0.05) is 19.2 Å². The number of rotatable bonds is 6. The first-order chi connectivity index (χ1) is 9.11. The molecule has 0 amide bonds. The number of piperidine rings is 1. The van der Waals surface area contributed by atoms with E-state index in [1.807, 2.05) is 0 Å². The van der Waals surface area contributed by atoms with Crippen LogP contribution in [0.1, 0.15) is 39.0 Å². The largest absolute Gasteiger partial charge is 0.377 e. The zero-order valence-electron chi connectivity index (χ0n) is 11.7. The zero-order valence-corrected chi connectivity index (χ0v) is 12.5. The molecular formula is C13H26N2O3S. The molecule has 0 aromatic carbocycles. The van der Waals surface area contributed by atoms with Crippen LogP contribution >= 0.6 is 0 Å². The van der Waals surface area contributed by atoms with Crippen molar-refractivity contribution in [3.63, 3.8) is 0 Å². The second-order valence-electron chi connectivity index (χ2n) is 5.64. The summed E-state index contributed by atoms with van der Waals surface area (Å²) in [5, 5.41) is 3.43. The van der Waals surface area contributed by atoms with Gasteiger partial charge in [0.05, 0.1) is 11.9 Å². The molecule has 2 N–H and O–H groups in total. The molecule has 2 aliphatic rings. The van der Waals surface area contributed by atoms with Crippen LogP contribution < -0.4 is 10.0 Å². The molecular weight excluding hydrogens is 264 g/mol. The third-order valence-corrected chi connectivity index (χ3v) is 5.62. The molecule has 2 aliphatic heterocycles. The van der Waals surface area contributed by atoms with E-state index in [9.17, 15) is 8.42 Å². The highest BCUT2D eigenvalue weighted by molar-refractivity contribution is 7.89. The van der Waals surface area contributed by atoms with Gasteiger partial charge in [-0.05, 0) is 38.1 Å². The first-order valence-corrected chi connectivity index (χ1v) is 9.08. The maximum Gasteiger partial charge on any atom is 0.214 e. The first-order valence-electron chi connectivity index (χ1n) is 7.43. The van der Waals surface area contributed by atoms with Gasteiger partial charge in [0.25, 0.3) is 0 Å². The molecule has 0 bridgehead atoms. The second-order valence-corrected chi connectivity index (χ2v) is 7.49. The summed E-state index contributed by atoms with van der Waals surface area (Å²) in [6.45, 7) is 4.37. The highest BCUT2D eigenvalue weighted by Gasteiger charge is 2.27. The van der Waals surface area contributed by atoms with Crippen molar-refractivity contribution in [3.8, 4) is 0 Å². The third-order valence-electron chi connectivity index (χ3n) is 4.20. The predicted molar refractivity (Wildman–Crippen MR) is 75.6 cm³/mol. The van der Waals surface area contributed by atoms with Crippen LogP contribution in [-0.2, 0) is 14.8 Å². The standard InChI is InChI=1S/C13H26N2O3S/c1-2-11-5-3-7-14-13(11)9-15-19(16,17)10-12-6-4-8-18-12/h11-15H,2-10H2,1H3. The van der Waals surface area contributed by atoms with E-state index in [0.717, 1.165) is 25.8 Å². The smallest absolute Gasteiger partial charge is 0.214 e. The maximum absolute atomic E-state index is 12.0. The summed E-state index contributed by atoms with van der Waals surface area (Å²) in [5.41, 5.74) is 0. The highest BCUT2D eigenvalue weighted by Crippen LogP contribution is 2.19. The summed E-state index contributed by atoms with van der Waals surface area (Å²) in [6.07, 6.45) is 5.21. The topological polar surface area (TPSA) is 67.4 Å². The molecule has 2 rings (SSSR count). The summed E-state index contributed by atoms with van der Waals surface area (Å²) < 4.78 is 32.1. The third kappa shape index (κ3) is 4.70. The van der Waals surface area contributed by atoms with Gasteiger partial charge in [-0.1, -0.05) is 13.3 Å². The van der Waals surface area contributed by atoms with Gasteiger partial charge in [0.1, 0.15) is 0 Å². The first kappa shape index (κ1) is 15.2. The monoisotopic (exact) mass is 290 g/mol. The molecule has 3 atom stereocenters. The maximum atomic E-state index is 12.0. The Morgan fingerprint density at radius 2 is 2.16 bits per heavy atom. The van der Waals surface area contributed by atoms with Gasteiger partial charge in [-0.15, -0.1) is 0 Å². The average Bonchev–Trinajstić information content (AvgIpc) is 2.89. The number of sulfonamides is 1. The van der Waals surface area contributed by atoms with Crippen LogP contribution in [-0.4, -0.2) is 46.0 Å². The van der Waals surface area contributed by atoms with Gasteiger partial charge in [0.2, 0.25) is 10.0 Å². The van der Waals surface area contributed by atoms with Crippen molar-refractivity contribution >= 4 is 10.0 Å². The molecule has 6 heteroatoms. The lowest BCUT2D eigenvalue weighted by Gasteiger charge is -2.32. The molecule has 19 heavy (non-hydrogen) atoms. The normalized spacial score (nSPS) is 32.6. The molecule has 5 nitrogen and oxygen atoms in total. The van der Waals surface area contributed by atoms with E-state index >= 15 is 0 Å². The van der Waals surface area contributed by atoms with E-state index in [4.69, 9.17) is 4.74 Å². The predicted octanol–water partition coefficient (Wildman–Crippen LogP) is 0.863. The SMILES string of the molecule is CCC1CCCNC1CNS(=O)(=O)CC1CCCO1. The molecule has 0 aromatic rings. The Labute approximate surface area is 116 Å². The van der Waals surface area contributed by atoms with Crippen LogP contribution in [0.5, 0.6) is 0 Å². The summed E-state index contributed by atoms with van der Waals surface area (Å²) in [4.78, 5) is 0. The van der Waals surface area contributed by atoms with Crippen molar-refractivity contribution in [2.75, 3.05) is 25.4 Å². The summed E-state index contributed by atoms with van der Waals surface area (Å²) in [5.74, 6) is 0.690. The van der Waals surface area contributed by atoms with Crippen LogP contribution in [0.3, 0.4) is 0 Å². The van der Waals surface area contributed by atoms with Crippen LogP contribution in [0, 0.1) is 5.92 Å². The lowest BCUT2D eigenvalue weighted by Crippen LogP contribution is -2.49. The molecule has 0 aliphatic carbocycles. The van der Waals surface area contributed by atoms with Crippen molar-refractivity contribution in [3.05, 3.63) is 0 Å². The van der Waals surface area contributed by atoms with Crippen molar-refractivity contribution < 1.29 is 13.2 Å². The van der Waals surface area contributed by atoms with E-state index in [1.54, 1.807) is 0 Å². The van der Waals surface area contributed by atoms with Gasteiger partial charge in [-0.25, -0.2) is 13.1 Å². The molecule has 2 saturated heterocycles. The van der Waals surface area contributed by atoms with E-state index in [0.29, 0.717) is 19.1 Å². The molecule has 112 valence electrons. The molecule has 0 spiro atoms. The summed E-state index contributed by atoms with van der Waals surface area (Å²) >= 11 is 0. The van der Waals surface area contributed by atoms with Crippen LogP contribution in [0.25, 0.3) is 0 Å². The Bertz CT molecular complexity index is 366. The van der Waals surface area contributed by atoms with Gasteiger partial charge in [0.15, 0.2) is 0 Å². The van der Waals surface area contributed by atoms with E-state index in [-0.39, 0.29) is 17.9 Å². The summed E-state index contributed by atoms with van der Waals surface area (Å²) in [7, 11) is -3.21. The average molecular weight is 290 g/mol. The van der Waals surface area contributed by atoms with Crippen molar-refractivity contribution in [1.29, 1.82) is 0 Å². The summed E-state index contributed by atoms with van der Waals surface area (Å²) in [6, 6.07) is 0.276. The fourth-order valence-electron chi connectivity index (χ4n) is 3.04. The Balaban J connectivity index is 1.79. The van der Waals surface area contributed by atoms with Gasteiger partial charge in [-0.2, -0.15) is 0 Å². The Hall–Kier alpha value is -0.170. The fraction of sp³-hybridized carbons (Fsp3) is 1.00. The number of hydrogen-bond donors (Lipinski definition) is 2.